The third-order valence-corrected chi connectivity index (χ3v) is 8.13. The van der Waals surface area contributed by atoms with Crippen molar-refractivity contribution in [2.24, 2.45) is 0 Å². The molecule has 0 aromatic heterocycles. The van der Waals surface area contributed by atoms with Crippen molar-refractivity contribution in [3.05, 3.63) is 54.6 Å². The van der Waals surface area contributed by atoms with Crippen molar-refractivity contribution in [2.45, 2.75) is 42.4 Å². The van der Waals surface area contributed by atoms with Crippen LogP contribution in [0.4, 0.5) is 5.69 Å². The molecular formula is C25H33N3O6S. The highest BCUT2D eigenvalue weighted by molar-refractivity contribution is 7.89. The summed E-state index contributed by atoms with van der Waals surface area (Å²) in [6, 6.07) is 15.7. The van der Waals surface area contributed by atoms with Gasteiger partial charge in [0.05, 0.1) is 43.3 Å². The number of aliphatic hydroxyl groups excluding tert-OH is 1. The van der Waals surface area contributed by atoms with Gasteiger partial charge in [0.15, 0.2) is 0 Å². The van der Waals surface area contributed by atoms with Crippen LogP contribution in [0, 0.1) is 0 Å². The molecule has 2 aliphatic heterocycles. The Bertz CT molecular complexity index is 1070. The van der Waals surface area contributed by atoms with E-state index in [-0.39, 0.29) is 29.9 Å². The summed E-state index contributed by atoms with van der Waals surface area (Å²) in [4.78, 5) is 17.1. The summed E-state index contributed by atoms with van der Waals surface area (Å²) in [6.45, 7) is 2.50. The lowest BCUT2D eigenvalue weighted by Gasteiger charge is -2.38. The molecule has 0 bridgehead atoms. The first-order valence-corrected chi connectivity index (χ1v) is 13.4. The third kappa shape index (κ3) is 6.32. The highest BCUT2D eigenvalue weighted by Crippen LogP contribution is 2.25. The summed E-state index contributed by atoms with van der Waals surface area (Å²) < 4.78 is 39.3. The van der Waals surface area contributed by atoms with Crippen LogP contribution in [0.25, 0.3) is 0 Å². The van der Waals surface area contributed by atoms with Gasteiger partial charge in [0.2, 0.25) is 15.9 Å². The maximum Gasteiger partial charge on any atom is 0.240 e. The van der Waals surface area contributed by atoms with Crippen LogP contribution in [-0.4, -0.2) is 82.5 Å². The minimum Gasteiger partial charge on any atom is -0.497 e. The second-order valence-electron chi connectivity index (χ2n) is 8.87. The van der Waals surface area contributed by atoms with E-state index in [0.29, 0.717) is 31.7 Å². The molecule has 3 atom stereocenters. The summed E-state index contributed by atoms with van der Waals surface area (Å²) in [5.41, 5.74) is 1.16. The van der Waals surface area contributed by atoms with Gasteiger partial charge in [-0.15, -0.1) is 0 Å². The molecule has 2 N–H and O–H groups in total. The van der Waals surface area contributed by atoms with Crippen molar-refractivity contribution >= 4 is 21.6 Å². The lowest BCUT2D eigenvalue weighted by Crippen LogP contribution is -2.52. The van der Waals surface area contributed by atoms with E-state index >= 15 is 0 Å². The van der Waals surface area contributed by atoms with Crippen molar-refractivity contribution in [1.29, 1.82) is 0 Å². The zero-order valence-corrected chi connectivity index (χ0v) is 20.7. The first kappa shape index (κ1) is 25.4. The lowest BCUT2D eigenvalue weighted by molar-refractivity contribution is -0.140. The minimum atomic E-state index is -3.79. The maximum absolute atomic E-state index is 12.9. The molecule has 4 rings (SSSR count). The van der Waals surface area contributed by atoms with Crippen LogP contribution >= 0.6 is 0 Å². The molecule has 35 heavy (non-hydrogen) atoms. The van der Waals surface area contributed by atoms with Gasteiger partial charge < -0.3 is 24.4 Å². The average molecular weight is 504 g/mol. The summed E-state index contributed by atoms with van der Waals surface area (Å²) in [7, 11) is -2.28. The Hall–Kier alpha value is -2.66. The van der Waals surface area contributed by atoms with E-state index in [9.17, 15) is 18.3 Å². The number of rotatable bonds is 8. The number of para-hydroxylation sites is 1. The van der Waals surface area contributed by atoms with Crippen LogP contribution in [0.3, 0.4) is 0 Å². The number of nitrogens with zero attached hydrogens (tertiary/aromatic N) is 2. The van der Waals surface area contributed by atoms with Crippen molar-refractivity contribution in [3.8, 4) is 5.75 Å². The molecule has 0 saturated carbocycles. The van der Waals surface area contributed by atoms with Gasteiger partial charge in [-0.2, -0.15) is 0 Å². The number of piperazine rings is 1. The fourth-order valence-electron chi connectivity index (χ4n) is 4.62. The molecule has 0 radical (unpaired) electrons. The number of hydrogen-bond acceptors (Lipinski definition) is 7. The smallest absolute Gasteiger partial charge is 0.240 e. The zero-order chi connectivity index (χ0) is 24.8. The largest absolute Gasteiger partial charge is 0.497 e. The van der Waals surface area contributed by atoms with Gasteiger partial charge in [-0.25, -0.2) is 13.1 Å². The van der Waals surface area contributed by atoms with Crippen molar-refractivity contribution < 1.29 is 27.8 Å². The van der Waals surface area contributed by atoms with Crippen molar-refractivity contribution in [1.82, 2.24) is 9.62 Å². The fourth-order valence-corrected chi connectivity index (χ4v) is 5.91. The number of hydrogen-bond donors (Lipinski definition) is 2. The quantitative estimate of drug-likeness (QED) is 0.564. The number of benzene rings is 2. The van der Waals surface area contributed by atoms with Gasteiger partial charge in [-0.1, -0.05) is 18.2 Å². The monoisotopic (exact) mass is 503 g/mol. The summed E-state index contributed by atoms with van der Waals surface area (Å²) in [6.07, 6.45) is 0.153. The van der Waals surface area contributed by atoms with E-state index in [1.165, 1.54) is 19.2 Å². The average Bonchev–Trinajstić information content (AvgIpc) is 2.90. The zero-order valence-electron chi connectivity index (χ0n) is 19.9. The number of aliphatic hydroxyl groups is 1. The van der Waals surface area contributed by atoms with Crippen molar-refractivity contribution in [2.75, 3.05) is 44.8 Å². The molecule has 2 saturated heterocycles. The molecule has 2 heterocycles. The third-order valence-electron chi connectivity index (χ3n) is 6.63. The molecule has 9 nitrogen and oxygen atoms in total. The molecule has 10 heteroatoms. The topological polar surface area (TPSA) is 108 Å². The van der Waals surface area contributed by atoms with E-state index in [4.69, 9.17) is 9.47 Å². The van der Waals surface area contributed by atoms with Crippen LogP contribution in [0.1, 0.15) is 19.3 Å². The maximum atomic E-state index is 12.9. The predicted molar refractivity (Wildman–Crippen MR) is 132 cm³/mol. The van der Waals surface area contributed by atoms with Gasteiger partial charge in [0.1, 0.15) is 5.75 Å². The number of sulfonamides is 1. The first-order valence-electron chi connectivity index (χ1n) is 11.9. The Labute approximate surface area is 206 Å². The Kier molecular flexibility index (Phi) is 8.27. The normalized spacial score (nSPS) is 23.2. The van der Waals surface area contributed by atoms with Crippen LogP contribution in [0.5, 0.6) is 5.75 Å². The van der Waals surface area contributed by atoms with Gasteiger partial charge >= 0.3 is 0 Å². The molecule has 1 amide bonds. The Balaban J connectivity index is 1.28. The second kappa shape index (κ2) is 11.4. The molecule has 190 valence electrons. The molecule has 2 fully saturated rings. The molecule has 0 spiro atoms. The number of methoxy groups -OCH3 is 1. The lowest BCUT2D eigenvalue weighted by atomic mass is 9.97. The molecule has 0 aliphatic carbocycles. The SMILES string of the molecule is COc1ccc(S(=O)(=O)N[C@H]2CC[C@H](CC(=O)N3CCN(c4ccccc4)CC3)O[C@@H]2CO)cc1. The highest BCUT2D eigenvalue weighted by Gasteiger charge is 2.35. The molecular weight excluding hydrogens is 470 g/mol. The number of carbonyl (C=O) groups is 1. The fraction of sp³-hybridized carbons (Fsp3) is 0.480. The number of carbonyl (C=O) groups excluding carboxylic acids is 1. The van der Waals surface area contributed by atoms with Crippen LogP contribution in [0.15, 0.2) is 59.5 Å². The molecule has 2 aromatic carbocycles. The summed E-state index contributed by atoms with van der Waals surface area (Å²) in [5.74, 6) is 0.587. The Morgan fingerprint density at radius 2 is 1.74 bits per heavy atom. The number of nitrogens with one attached hydrogen (secondary N) is 1. The number of anilines is 1. The van der Waals surface area contributed by atoms with Crippen LogP contribution < -0.4 is 14.4 Å². The van der Waals surface area contributed by atoms with Gasteiger partial charge in [0, 0.05) is 31.9 Å². The highest BCUT2D eigenvalue weighted by atomic mass is 32.2. The Morgan fingerprint density at radius 3 is 2.37 bits per heavy atom. The van der Waals surface area contributed by atoms with Crippen LogP contribution in [0.2, 0.25) is 0 Å². The summed E-state index contributed by atoms with van der Waals surface area (Å²) >= 11 is 0. The van der Waals surface area contributed by atoms with Gasteiger partial charge in [0.25, 0.3) is 0 Å². The minimum absolute atomic E-state index is 0.0247. The summed E-state index contributed by atoms with van der Waals surface area (Å²) in [5, 5.41) is 9.86. The van der Waals surface area contributed by atoms with Gasteiger partial charge in [-0.3, -0.25) is 4.79 Å². The predicted octanol–water partition coefficient (Wildman–Crippen LogP) is 1.62. The van der Waals surface area contributed by atoms with Gasteiger partial charge in [-0.05, 0) is 49.2 Å². The standard InChI is InChI=1S/C25H33N3O6S/c1-33-20-7-10-22(11-8-20)35(31,32)26-23-12-9-21(34-24(23)18-29)17-25(30)28-15-13-27(14-16-28)19-5-3-2-4-6-19/h2-8,10-11,21,23-24,26,29H,9,12-18H2,1H3/t21-,23+,24-/m1/s1. The van der Waals surface area contributed by atoms with E-state index < -0.39 is 22.2 Å². The van der Waals surface area contributed by atoms with E-state index in [2.05, 4.69) is 21.8 Å². The first-order chi connectivity index (χ1) is 16.9. The second-order valence-corrected chi connectivity index (χ2v) is 10.6. The molecule has 0 unspecified atom stereocenters. The Morgan fingerprint density at radius 1 is 1.06 bits per heavy atom. The van der Waals surface area contributed by atoms with E-state index in [1.807, 2.05) is 23.1 Å². The molecule has 2 aliphatic rings. The van der Waals surface area contributed by atoms with Crippen LogP contribution in [-0.2, 0) is 19.6 Å². The number of ether oxygens (including phenoxy) is 2. The molecule has 2 aromatic rings. The number of amides is 1. The van der Waals surface area contributed by atoms with E-state index in [1.54, 1.807) is 12.1 Å². The van der Waals surface area contributed by atoms with E-state index in [0.717, 1.165) is 18.8 Å². The van der Waals surface area contributed by atoms with Crippen molar-refractivity contribution in [3.63, 3.8) is 0 Å².